The van der Waals surface area contributed by atoms with Gasteiger partial charge in [-0.05, 0) is 48.7 Å². The van der Waals surface area contributed by atoms with Crippen molar-refractivity contribution in [3.63, 3.8) is 0 Å². The molecule has 2 N–H and O–H groups in total. The highest BCUT2D eigenvalue weighted by atomic mass is 127. The molecule has 0 saturated heterocycles. The lowest BCUT2D eigenvalue weighted by atomic mass is 10.2. The fraction of sp³-hybridized carbons (Fsp3) is 0.409. The predicted octanol–water partition coefficient (Wildman–Crippen LogP) is 3.38. The Kier molecular flexibility index (Phi) is 12.5. The Balaban J connectivity index is 0.00000480. The highest BCUT2D eigenvalue weighted by molar-refractivity contribution is 14.0. The molecule has 2 aromatic rings. The number of hydrogen-bond acceptors (Lipinski definition) is 5. The summed E-state index contributed by atoms with van der Waals surface area (Å²) in [5, 5.41) is 6.62. The zero-order valence-electron chi connectivity index (χ0n) is 18.3. The zero-order chi connectivity index (χ0) is 21.8. The van der Waals surface area contributed by atoms with Crippen LogP contribution in [0.2, 0.25) is 0 Å². The third-order valence-electron chi connectivity index (χ3n) is 4.35. The Hall–Kier alpha value is -1.85. The maximum Gasteiger partial charge on any atom is 0.191 e. The monoisotopic (exact) mass is 561 g/mol. The van der Waals surface area contributed by atoms with E-state index in [0.29, 0.717) is 37.2 Å². The molecule has 0 heterocycles. The van der Waals surface area contributed by atoms with Crippen molar-refractivity contribution in [2.75, 3.05) is 33.1 Å². The van der Waals surface area contributed by atoms with Gasteiger partial charge in [0.25, 0.3) is 0 Å². The fourth-order valence-corrected chi connectivity index (χ4v) is 3.27. The fourth-order valence-electron chi connectivity index (χ4n) is 2.64. The van der Waals surface area contributed by atoms with Crippen molar-refractivity contribution in [3.8, 4) is 5.75 Å². The first-order valence-electron chi connectivity index (χ1n) is 9.94. The second kappa shape index (κ2) is 14.3. The third kappa shape index (κ3) is 10.3. The number of aliphatic imine (C=N–C) groups is 1. The quantitative estimate of drug-likeness (QED) is 0.189. The first-order valence-corrected chi connectivity index (χ1v) is 11.8. The normalized spacial score (nSPS) is 11.5. The number of nitrogens with zero attached hydrogens (tertiary/aromatic N) is 1. The van der Waals surface area contributed by atoms with Gasteiger partial charge in [0, 0.05) is 32.6 Å². The van der Waals surface area contributed by atoms with Gasteiger partial charge in [-0.1, -0.05) is 24.3 Å². The number of nitrogens with one attached hydrogen (secondary N) is 2. The molecule has 0 atom stereocenters. The second-order valence-electron chi connectivity index (χ2n) is 6.76. The third-order valence-corrected chi connectivity index (χ3v) is 5.48. The Bertz CT molecular complexity index is 901. The van der Waals surface area contributed by atoms with Crippen molar-refractivity contribution in [2.45, 2.75) is 31.3 Å². The molecule has 2 aromatic carbocycles. The molecule has 0 aromatic heterocycles. The summed E-state index contributed by atoms with van der Waals surface area (Å²) in [7, 11) is -1.55. The molecule has 0 aliphatic rings. The number of sulfone groups is 1. The summed E-state index contributed by atoms with van der Waals surface area (Å²) in [6, 6.07) is 14.6. The van der Waals surface area contributed by atoms with Gasteiger partial charge >= 0.3 is 0 Å². The topological polar surface area (TPSA) is 89.0 Å². The summed E-state index contributed by atoms with van der Waals surface area (Å²) < 4.78 is 33.8. The predicted molar refractivity (Wildman–Crippen MR) is 135 cm³/mol. The summed E-state index contributed by atoms with van der Waals surface area (Å²) in [6.07, 6.45) is 2.08. The molecule has 31 heavy (non-hydrogen) atoms. The molecule has 0 unspecified atom stereocenters. The van der Waals surface area contributed by atoms with E-state index in [1.54, 1.807) is 31.4 Å². The summed E-state index contributed by atoms with van der Waals surface area (Å²) in [5.41, 5.74) is 2.04. The van der Waals surface area contributed by atoms with Gasteiger partial charge in [0.15, 0.2) is 15.8 Å². The number of rotatable bonds is 11. The molecular formula is C22H32IN3O4S. The molecule has 0 bridgehead atoms. The summed E-state index contributed by atoms with van der Waals surface area (Å²) >= 11 is 0. The van der Waals surface area contributed by atoms with E-state index in [1.165, 1.54) is 6.26 Å². The lowest BCUT2D eigenvalue weighted by molar-refractivity contribution is 0.145. The van der Waals surface area contributed by atoms with Gasteiger partial charge in [0.2, 0.25) is 0 Å². The lowest BCUT2D eigenvalue weighted by Crippen LogP contribution is -2.37. The molecule has 0 aliphatic heterocycles. The molecular weight excluding hydrogens is 529 g/mol. The average molecular weight is 561 g/mol. The van der Waals surface area contributed by atoms with Crippen molar-refractivity contribution in [1.29, 1.82) is 0 Å². The molecule has 0 saturated carbocycles. The van der Waals surface area contributed by atoms with E-state index >= 15 is 0 Å². The smallest absolute Gasteiger partial charge is 0.191 e. The molecule has 0 spiro atoms. The van der Waals surface area contributed by atoms with Crippen molar-refractivity contribution in [3.05, 3.63) is 59.7 Å². The van der Waals surface area contributed by atoms with Gasteiger partial charge < -0.3 is 20.1 Å². The number of hydrogen-bond donors (Lipinski definition) is 2. The number of halogens is 1. The largest absolute Gasteiger partial charge is 0.497 e. The van der Waals surface area contributed by atoms with Crippen LogP contribution in [0.25, 0.3) is 0 Å². The average Bonchev–Trinajstić information content (AvgIpc) is 2.75. The zero-order valence-corrected chi connectivity index (χ0v) is 21.4. The highest BCUT2D eigenvalue weighted by Gasteiger charge is 2.06. The first kappa shape index (κ1) is 27.2. The van der Waals surface area contributed by atoms with E-state index < -0.39 is 9.84 Å². The van der Waals surface area contributed by atoms with E-state index in [2.05, 4.69) is 15.6 Å². The van der Waals surface area contributed by atoms with Crippen molar-refractivity contribution >= 4 is 39.8 Å². The van der Waals surface area contributed by atoms with Crippen LogP contribution in [0.5, 0.6) is 5.75 Å². The van der Waals surface area contributed by atoms with Gasteiger partial charge in [-0.25, -0.2) is 13.4 Å². The molecule has 172 valence electrons. The Morgan fingerprint density at radius 3 is 2.23 bits per heavy atom. The summed E-state index contributed by atoms with van der Waals surface area (Å²) in [4.78, 5) is 4.97. The van der Waals surface area contributed by atoms with E-state index in [1.807, 2.05) is 31.2 Å². The summed E-state index contributed by atoms with van der Waals surface area (Å²) in [6.45, 7) is 5.18. The maximum absolute atomic E-state index is 11.6. The number of ether oxygens (including phenoxy) is 2. The van der Waals surface area contributed by atoms with Crippen molar-refractivity contribution < 1.29 is 17.9 Å². The molecule has 0 aliphatic carbocycles. The van der Waals surface area contributed by atoms with Crippen LogP contribution in [0.15, 0.2) is 58.4 Å². The van der Waals surface area contributed by atoms with Crippen molar-refractivity contribution in [2.24, 2.45) is 4.99 Å². The Morgan fingerprint density at radius 2 is 1.65 bits per heavy atom. The molecule has 0 amide bonds. The van der Waals surface area contributed by atoms with Crippen LogP contribution < -0.4 is 15.4 Å². The number of methoxy groups -OCH3 is 1. The Labute approximate surface area is 202 Å². The van der Waals surface area contributed by atoms with Crippen LogP contribution in [0.1, 0.15) is 24.5 Å². The summed E-state index contributed by atoms with van der Waals surface area (Å²) in [5.74, 6) is 1.50. The van der Waals surface area contributed by atoms with E-state index in [0.717, 1.165) is 29.8 Å². The van der Waals surface area contributed by atoms with Crippen LogP contribution in [0, 0.1) is 0 Å². The van der Waals surface area contributed by atoms with E-state index in [4.69, 9.17) is 9.47 Å². The number of benzene rings is 2. The van der Waals surface area contributed by atoms with Crippen LogP contribution in [0.4, 0.5) is 0 Å². The molecule has 0 fully saturated rings. The van der Waals surface area contributed by atoms with Crippen LogP contribution in [-0.2, 0) is 27.7 Å². The standard InChI is InChI=1S/C22H31N3O4S.HI/c1-4-29-15-5-14-23-22(24-16-18-6-10-20(28-2)11-7-18)25-17-19-8-12-21(13-9-19)30(3,26)27;/h6-13H,4-5,14-17H2,1-3H3,(H2,23,24,25);1H. The minimum absolute atomic E-state index is 0. The van der Waals surface area contributed by atoms with E-state index in [9.17, 15) is 8.42 Å². The molecule has 0 radical (unpaired) electrons. The molecule has 9 heteroatoms. The van der Waals surface area contributed by atoms with Gasteiger partial charge in [-0.2, -0.15) is 0 Å². The first-order chi connectivity index (χ1) is 14.4. The second-order valence-corrected chi connectivity index (χ2v) is 8.78. The van der Waals surface area contributed by atoms with Crippen LogP contribution >= 0.6 is 24.0 Å². The van der Waals surface area contributed by atoms with E-state index in [-0.39, 0.29) is 24.0 Å². The minimum Gasteiger partial charge on any atom is -0.497 e. The molecule has 2 rings (SSSR count). The number of guanidine groups is 1. The maximum atomic E-state index is 11.6. The molecule has 7 nitrogen and oxygen atoms in total. The lowest BCUT2D eigenvalue weighted by Gasteiger charge is -2.13. The Morgan fingerprint density at radius 1 is 1.00 bits per heavy atom. The SMILES string of the molecule is CCOCCCNC(=NCc1ccc(OC)cc1)NCc1ccc(S(C)(=O)=O)cc1.I. The van der Waals surface area contributed by atoms with Gasteiger partial charge in [0.1, 0.15) is 5.75 Å². The van der Waals surface area contributed by atoms with Crippen LogP contribution in [-0.4, -0.2) is 47.5 Å². The minimum atomic E-state index is -3.19. The highest BCUT2D eigenvalue weighted by Crippen LogP contribution is 2.12. The van der Waals surface area contributed by atoms with Crippen molar-refractivity contribution in [1.82, 2.24) is 10.6 Å². The van der Waals surface area contributed by atoms with Gasteiger partial charge in [0.05, 0.1) is 18.6 Å². The van der Waals surface area contributed by atoms with Gasteiger partial charge in [-0.15, -0.1) is 24.0 Å². The van der Waals surface area contributed by atoms with Crippen LogP contribution in [0.3, 0.4) is 0 Å². The van der Waals surface area contributed by atoms with Gasteiger partial charge in [-0.3, -0.25) is 0 Å².